The number of hydrogen-bond acceptors (Lipinski definition) is 7. The number of fused-ring (bicyclic) bond motifs is 1. The zero-order chi connectivity index (χ0) is 21.6. The molecule has 2 amide bonds. The summed E-state index contributed by atoms with van der Waals surface area (Å²) in [6, 6.07) is 0.110. The average molecular weight is 412 g/mol. The lowest BCUT2D eigenvalue weighted by molar-refractivity contribution is 0.0137. The Morgan fingerprint density at radius 1 is 1.28 bits per heavy atom. The molecule has 0 aromatic heterocycles. The molecule has 1 fully saturated rings. The van der Waals surface area contributed by atoms with Crippen LogP contribution in [0.3, 0.4) is 0 Å². The Labute approximate surface area is 174 Å². The molecule has 2 rings (SSSR count). The molecule has 2 aliphatic heterocycles. The highest BCUT2D eigenvalue weighted by atomic mass is 16.6. The number of ether oxygens (including phenoxy) is 2. The number of rotatable bonds is 6. The fourth-order valence-corrected chi connectivity index (χ4v) is 3.54. The lowest BCUT2D eigenvalue weighted by atomic mass is 10.0. The third-order valence-corrected chi connectivity index (χ3v) is 4.72. The minimum atomic E-state index is -0.496. The molecule has 9 nitrogen and oxygen atoms in total. The summed E-state index contributed by atoms with van der Waals surface area (Å²) in [5.74, 6) is 1.28. The second kappa shape index (κ2) is 10.0. The highest BCUT2D eigenvalue weighted by Crippen LogP contribution is 2.18. The molecule has 0 aliphatic carbocycles. The molecule has 0 bridgehead atoms. The number of amides is 2. The standard InChI is InChI=1S/C20H37N5O4/c1-7-28-18(26)23-15(10-14(2)3)11-21-17-22-12-16-13-24(8-9-25(16)17)19(27)29-20(4,5)6/h14-16H,7-13H2,1-6H3,(H,21,22)(H,23,26). The molecule has 2 N–H and O–H groups in total. The van der Waals surface area contributed by atoms with Crippen LogP contribution in [0.1, 0.15) is 48.0 Å². The summed E-state index contributed by atoms with van der Waals surface area (Å²) in [7, 11) is 0. The van der Waals surface area contributed by atoms with E-state index in [1.54, 1.807) is 11.8 Å². The van der Waals surface area contributed by atoms with Crippen molar-refractivity contribution in [1.29, 1.82) is 0 Å². The topological polar surface area (TPSA) is 95.5 Å². The van der Waals surface area contributed by atoms with Gasteiger partial charge in [0.15, 0.2) is 5.96 Å². The van der Waals surface area contributed by atoms with Gasteiger partial charge in [0.2, 0.25) is 0 Å². The first kappa shape index (κ1) is 23.1. The molecular formula is C20H37N5O4. The third kappa shape index (κ3) is 7.29. The third-order valence-electron chi connectivity index (χ3n) is 4.72. The summed E-state index contributed by atoms with van der Waals surface area (Å²) in [4.78, 5) is 32.7. The Kier molecular flexibility index (Phi) is 7.98. The van der Waals surface area contributed by atoms with E-state index in [2.05, 4.69) is 34.4 Å². The van der Waals surface area contributed by atoms with Gasteiger partial charge in [-0.3, -0.25) is 4.99 Å². The fourth-order valence-electron chi connectivity index (χ4n) is 3.54. The van der Waals surface area contributed by atoms with Crippen molar-refractivity contribution >= 4 is 18.1 Å². The predicted octanol–water partition coefficient (Wildman–Crippen LogP) is 2.03. The highest BCUT2D eigenvalue weighted by Gasteiger charge is 2.36. The molecule has 0 aromatic carbocycles. The second-order valence-electron chi connectivity index (χ2n) is 9.01. The molecule has 9 heteroatoms. The van der Waals surface area contributed by atoms with Gasteiger partial charge in [-0.2, -0.15) is 0 Å². The molecular weight excluding hydrogens is 374 g/mol. The molecule has 0 radical (unpaired) electrons. The molecule has 0 spiro atoms. The summed E-state index contributed by atoms with van der Waals surface area (Å²) in [5.41, 5.74) is -0.496. The first-order valence-corrected chi connectivity index (χ1v) is 10.5. The molecule has 0 saturated carbocycles. The number of carbonyl (C=O) groups excluding carboxylic acids is 2. The van der Waals surface area contributed by atoms with E-state index in [1.165, 1.54) is 0 Å². The number of guanidine groups is 1. The van der Waals surface area contributed by atoms with Crippen LogP contribution < -0.4 is 10.6 Å². The van der Waals surface area contributed by atoms with E-state index >= 15 is 0 Å². The van der Waals surface area contributed by atoms with Gasteiger partial charge in [0.25, 0.3) is 0 Å². The first-order valence-electron chi connectivity index (χ1n) is 10.5. The van der Waals surface area contributed by atoms with Gasteiger partial charge < -0.3 is 29.9 Å². The van der Waals surface area contributed by atoms with Crippen LogP contribution in [-0.2, 0) is 9.47 Å². The van der Waals surface area contributed by atoms with Crippen LogP contribution in [0.2, 0.25) is 0 Å². The number of nitrogens with zero attached hydrogens (tertiary/aromatic N) is 3. The minimum Gasteiger partial charge on any atom is -0.450 e. The number of alkyl carbamates (subject to hydrolysis) is 1. The molecule has 2 aliphatic rings. The van der Waals surface area contributed by atoms with E-state index in [-0.39, 0.29) is 18.2 Å². The van der Waals surface area contributed by atoms with E-state index in [4.69, 9.17) is 9.47 Å². The summed E-state index contributed by atoms with van der Waals surface area (Å²) in [6.45, 7) is 15.1. The Morgan fingerprint density at radius 2 is 2.00 bits per heavy atom. The van der Waals surface area contributed by atoms with Gasteiger partial charge >= 0.3 is 12.2 Å². The first-order chi connectivity index (χ1) is 13.6. The molecule has 0 aromatic rings. The average Bonchev–Trinajstić information content (AvgIpc) is 3.00. The Bertz CT molecular complexity index is 602. The Balaban J connectivity index is 1.86. The van der Waals surface area contributed by atoms with Gasteiger partial charge in [0.05, 0.1) is 19.2 Å². The van der Waals surface area contributed by atoms with Crippen LogP contribution in [0, 0.1) is 5.92 Å². The van der Waals surface area contributed by atoms with E-state index in [1.807, 2.05) is 20.8 Å². The molecule has 1 saturated heterocycles. The summed E-state index contributed by atoms with van der Waals surface area (Å²) in [5, 5.41) is 6.31. The maximum atomic E-state index is 12.3. The molecule has 2 atom stereocenters. The summed E-state index contributed by atoms with van der Waals surface area (Å²) < 4.78 is 10.5. The van der Waals surface area contributed by atoms with Crippen molar-refractivity contribution in [1.82, 2.24) is 20.4 Å². The fraction of sp³-hybridized carbons (Fsp3) is 0.850. The molecule has 2 heterocycles. The smallest absolute Gasteiger partial charge is 0.410 e. The van der Waals surface area contributed by atoms with Crippen molar-refractivity contribution in [2.75, 3.05) is 39.3 Å². The van der Waals surface area contributed by atoms with Gasteiger partial charge in [0, 0.05) is 32.2 Å². The summed E-state index contributed by atoms with van der Waals surface area (Å²) in [6.07, 6.45) is 0.181. The summed E-state index contributed by atoms with van der Waals surface area (Å²) >= 11 is 0. The van der Waals surface area contributed by atoms with Crippen LogP contribution in [0.15, 0.2) is 4.99 Å². The molecule has 2 unspecified atom stereocenters. The van der Waals surface area contributed by atoms with Gasteiger partial charge in [-0.15, -0.1) is 0 Å². The zero-order valence-corrected chi connectivity index (χ0v) is 18.7. The van der Waals surface area contributed by atoms with Crippen molar-refractivity contribution in [3.8, 4) is 0 Å². The Hall–Kier alpha value is -2.19. The minimum absolute atomic E-state index is 0.0427. The number of aliphatic imine (C=N–C) groups is 1. The van der Waals surface area contributed by atoms with Gasteiger partial charge in [-0.05, 0) is 40.0 Å². The quantitative estimate of drug-likeness (QED) is 0.694. The SMILES string of the molecule is CCOC(=O)NC(CNC1=NCC2CN(C(=O)OC(C)(C)C)CCN12)CC(C)C. The number of piperazine rings is 1. The largest absolute Gasteiger partial charge is 0.450 e. The van der Waals surface area contributed by atoms with Crippen LogP contribution >= 0.6 is 0 Å². The van der Waals surface area contributed by atoms with Crippen LogP contribution in [0.5, 0.6) is 0 Å². The number of hydrogen-bond donors (Lipinski definition) is 2. The van der Waals surface area contributed by atoms with Crippen molar-refractivity contribution in [3.63, 3.8) is 0 Å². The van der Waals surface area contributed by atoms with Crippen molar-refractivity contribution < 1.29 is 19.1 Å². The normalized spacial score (nSPS) is 20.1. The lowest BCUT2D eigenvalue weighted by Crippen LogP contribution is -2.58. The molecule has 166 valence electrons. The van der Waals surface area contributed by atoms with Crippen LogP contribution in [-0.4, -0.2) is 85.0 Å². The molecule has 29 heavy (non-hydrogen) atoms. The Morgan fingerprint density at radius 3 is 2.62 bits per heavy atom. The maximum absolute atomic E-state index is 12.3. The van der Waals surface area contributed by atoms with Crippen molar-refractivity contribution in [2.45, 2.75) is 65.6 Å². The van der Waals surface area contributed by atoms with Crippen LogP contribution in [0.25, 0.3) is 0 Å². The zero-order valence-electron chi connectivity index (χ0n) is 18.7. The van der Waals surface area contributed by atoms with Gasteiger partial charge in [0.1, 0.15) is 5.60 Å². The number of carbonyl (C=O) groups is 2. The second-order valence-corrected chi connectivity index (χ2v) is 9.01. The lowest BCUT2D eigenvalue weighted by Gasteiger charge is -2.39. The van der Waals surface area contributed by atoms with E-state index in [0.29, 0.717) is 45.2 Å². The van der Waals surface area contributed by atoms with E-state index in [9.17, 15) is 9.59 Å². The maximum Gasteiger partial charge on any atom is 0.410 e. The highest BCUT2D eigenvalue weighted by molar-refractivity contribution is 5.82. The monoisotopic (exact) mass is 411 g/mol. The van der Waals surface area contributed by atoms with Crippen molar-refractivity contribution in [3.05, 3.63) is 0 Å². The van der Waals surface area contributed by atoms with Crippen LogP contribution in [0.4, 0.5) is 9.59 Å². The van der Waals surface area contributed by atoms with Crippen molar-refractivity contribution in [2.24, 2.45) is 10.9 Å². The van der Waals surface area contributed by atoms with Gasteiger partial charge in [-0.1, -0.05) is 13.8 Å². The van der Waals surface area contributed by atoms with E-state index in [0.717, 1.165) is 12.4 Å². The van der Waals surface area contributed by atoms with Gasteiger partial charge in [-0.25, -0.2) is 9.59 Å². The number of nitrogens with one attached hydrogen (secondary N) is 2. The predicted molar refractivity (Wildman–Crippen MR) is 112 cm³/mol. The van der Waals surface area contributed by atoms with E-state index < -0.39 is 11.7 Å².